The number of anilines is 1. The minimum atomic E-state index is -0.598. The lowest BCUT2D eigenvalue weighted by molar-refractivity contribution is -0.392. The highest BCUT2D eigenvalue weighted by atomic mass is 16.6. The predicted molar refractivity (Wildman–Crippen MR) is 85.7 cm³/mol. The Morgan fingerprint density at radius 2 is 2.00 bits per heavy atom. The van der Waals surface area contributed by atoms with Gasteiger partial charge in [0.1, 0.15) is 11.2 Å². The molecule has 8 nitrogen and oxygen atoms in total. The Morgan fingerprint density at radius 3 is 2.65 bits per heavy atom. The lowest BCUT2D eigenvalue weighted by Crippen LogP contribution is -2.34. The monoisotopic (exact) mass is 316 g/mol. The van der Waals surface area contributed by atoms with Gasteiger partial charge in [0.05, 0.1) is 21.3 Å². The van der Waals surface area contributed by atoms with E-state index in [4.69, 9.17) is 0 Å². The molecule has 1 aromatic heterocycles. The number of piperidine rings is 1. The fourth-order valence-electron chi connectivity index (χ4n) is 3.19. The van der Waals surface area contributed by atoms with Crippen LogP contribution in [0.15, 0.2) is 24.4 Å². The van der Waals surface area contributed by atoms with Crippen LogP contribution in [-0.4, -0.2) is 27.9 Å². The standard InChI is InChI=1S/C15H16N4O4/c1-10-4-3-7-17(9-10)15-13(19(22)23)8-12(18(20)21)11-5-2-6-16-14(11)15/h2,5-6,8,10H,3-4,7,9H2,1H3/t10-/m0/s1. The van der Waals surface area contributed by atoms with Crippen molar-refractivity contribution < 1.29 is 9.85 Å². The first-order valence-electron chi connectivity index (χ1n) is 7.44. The molecule has 120 valence electrons. The van der Waals surface area contributed by atoms with Crippen LogP contribution in [0.3, 0.4) is 0 Å². The van der Waals surface area contributed by atoms with E-state index in [0.717, 1.165) is 18.9 Å². The highest BCUT2D eigenvalue weighted by molar-refractivity contribution is 6.01. The van der Waals surface area contributed by atoms with E-state index in [1.54, 1.807) is 12.1 Å². The van der Waals surface area contributed by atoms with E-state index in [-0.39, 0.29) is 11.4 Å². The zero-order chi connectivity index (χ0) is 16.6. The summed E-state index contributed by atoms with van der Waals surface area (Å²) < 4.78 is 0. The number of hydrogen-bond acceptors (Lipinski definition) is 6. The highest BCUT2D eigenvalue weighted by Crippen LogP contribution is 2.41. The molecule has 8 heteroatoms. The van der Waals surface area contributed by atoms with Crippen molar-refractivity contribution in [3.8, 4) is 0 Å². The summed E-state index contributed by atoms with van der Waals surface area (Å²) >= 11 is 0. The number of benzene rings is 1. The lowest BCUT2D eigenvalue weighted by Gasteiger charge is -2.32. The molecular weight excluding hydrogens is 300 g/mol. The van der Waals surface area contributed by atoms with Crippen LogP contribution in [0, 0.1) is 26.1 Å². The van der Waals surface area contributed by atoms with Crippen molar-refractivity contribution in [2.75, 3.05) is 18.0 Å². The third-order valence-electron chi connectivity index (χ3n) is 4.19. The molecule has 0 spiro atoms. The second-order valence-electron chi connectivity index (χ2n) is 5.87. The summed E-state index contributed by atoms with van der Waals surface area (Å²) in [6.07, 6.45) is 3.51. The van der Waals surface area contributed by atoms with Crippen molar-refractivity contribution in [3.05, 3.63) is 44.6 Å². The summed E-state index contributed by atoms with van der Waals surface area (Å²) in [5.74, 6) is 0.414. The first-order valence-corrected chi connectivity index (χ1v) is 7.44. The molecule has 1 aromatic carbocycles. The number of hydrogen-bond donors (Lipinski definition) is 0. The van der Waals surface area contributed by atoms with Crippen LogP contribution >= 0.6 is 0 Å². The molecule has 3 rings (SSSR count). The third-order valence-corrected chi connectivity index (χ3v) is 4.19. The zero-order valence-electron chi connectivity index (χ0n) is 12.6. The molecular formula is C15H16N4O4. The van der Waals surface area contributed by atoms with Crippen LogP contribution in [0.4, 0.5) is 17.1 Å². The molecule has 0 N–H and O–H groups in total. The van der Waals surface area contributed by atoms with Crippen molar-refractivity contribution in [1.29, 1.82) is 0 Å². The van der Waals surface area contributed by atoms with Gasteiger partial charge in [0.25, 0.3) is 5.69 Å². The predicted octanol–water partition coefficient (Wildman–Crippen LogP) is 3.29. The van der Waals surface area contributed by atoms with Crippen molar-refractivity contribution in [1.82, 2.24) is 4.98 Å². The maximum absolute atomic E-state index is 11.5. The van der Waals surface area contributed by atoms with E-state index >= 15 is 0 Å². The molecule has 1 fully saturated rings. The molecule has 1 saturated heterocycles. The van der Waals surface area contributed by atoms with Gasteiger partial charge in [-0.05, 0) is 30.9 Å². The number of nitro groups is 2. The largest absolute Gasteiger partial charge is 0.364 e. The van der Waals surface area contributed by atoms with Gasteiger partial charge in [-0.3, -0.25) is 25.2 Å². The Balaban J connectivity index is 2.30. The Bertz CT molecular complexity index is 792. The highest BCUT2D eigenvalue weighted by Gasteiger charge is 2.31. The molecule has 2 heterocycles. The first-order chi connectivity index (χ1) is 11.0. The molecule has 2 aromatic rings. The average molecular weight is 316 g/mol. The number of non-ortho nitro benzene ring substituents is 1. The first kappa shape index (κ1) is 15.1. The van der Waals surface area contributed by atoms with E-state index < -0.39 is 9.85 Å². The van der Waals surface area contributed by atoms with Gasteiger partial charge >= 0.3 is 5.69 Å². The molecule has 1 atom stereocenters. The van der Waals surface area contributed by atoms with Crippen LogP contribution in [0.1, 0.15) is 19.8 Å². The van der Waals surface area contributed by atoms with Crippen LogP contribution in [-0.2, 0) is 0 Å². The molecule has 0 aliphatic carbocycles. The lowest BCUT2D eigenvalue weighted by atomic mass is 9.98. The maximum atomic E-state index is 11.5. The molecule has 23 heavy (non-hydrogen) atoms. The summed E-state index contributed by atoms with van der Waals surface area (Å²) in [5.41, 5.74) is 0.177. The third kappa shape index (κ3) is 2.67. The Kier molecular flexibility index (Phi) is 3.81. The molecule has 1 aliphatic heterocycles. The summed E-state index contributed by atoms with van der Waals surface area (Å²) in [7, 11) is 0. The van der Waals surface area contributed by atoms with Crippen molar-refractivity contribution >= 4 is 28.0 Å². The molecule has 1 aliphatic rings. The number of nitro benzene ring substituents is 2. The van der Waals surface area contributed by atoms with Crippen molar-refractivity contribution in [2.24, 2.45) is 5.92 Å². The van der Waals surface area contributed by atoms with Crippen LogP contribution in [0.5, 0.6) is 0 Å². The number of fused-ring (bicyclic) bond motifs is 1. The van der Waals surface area contributed by atoms with Gasteiger partial charge in [-0.1, -0.05) is 6.92 Å². The van der Waals surface area contributed by atoms with Gasteiger partial charge in [0, 0.05) is 19.3 Å². The van der Waals surface area contributed by atoms with E-state index in [1.807, 2.05) is 4.90 Å². The van der Waals surface area contributed by atoms with Gasteiger partial charge in [-0.25, -0.2) is 0 Å². The summed E-state index contributed by atoms with van der Waals surface area (Å²) in [4.78, 5) is 27.8. The van der Waals surface area contributed by atoms with Crippen molar-refractivity contribution in [3.63, 3.8) is 0 Å². The fraction of sp³-hybridized carbons (Fsp3) is 0.400. The summed E-state index contributed by atoms with van der Waals surface area (Å²) in [5, 5.41) is 23.1. The minimum Gasteiger partial charge on any atom is -0.364 e. The van der Waals surface area contributed by atoms with Gasteiger partial charge < -0.3 is 4.90 Å². The normalized spacial score (nSPS) is 18.1. The zero-order valence-corrected chi connectivity index (χ0v) is 12.6. The molecule has 0 bridgehead atoms. The minimum absolute atomic E-state index is 0.253. The Hall–Kier alpha value is -2.77. The fourth-order valence-corrected chi connectivity index (χ4v) is 3.19. The van der Waals surface area contributed by atoms with Gasteiger partial charge in [-0.2, -0.15) is 0 Å². The summed E-state index contributed by atoms with van der Waals surface area (Å²) in [6, 6.07) is 4.24. The van der Waals surface area contributed by atoms with Crippen molar-refractivity contribution in [2.45, 2.75) is 19.8 Å². The van der Waals surface area contributed by atoms with Crippen LogP contribution < -0.4 is 4.90 Å². The maximum Gasteiger partial charge on any atom is 0.301 e. The molecule has 0 amide bonds. The number of nitrogens with zero attached hydrogens (tertiary/aromatic N) is 4. The Labute approximate surface area is 132 Å². The second kappa shape index (κ2) is 5.79. The van der Waals surface area contributed by atoms with Gasteiger partial charge in [-0.15, -0.1) is 0 Å². The van der Waals surface area contributed by atoms with E-state index in [2.05, 4.69) is 11.9 Å². The van der Waals surface area contributed by atoms with Crippen LogP contribution in [0.2, 0.25) is 0 Å². The van der Waals surface area contributed by atoms with Crippen LogP contribution in [0.25, 0.3) is 10.9 Å². The van der Waals surface area contributed by atoms with E-state index in [0.29, 0.717) is 35.6 Å². The van der Waals surface area contributed by atoms with E-state index in [1.165, 1.54) is 6.20 Å². The topological polar surface area (TPSA) is 102 Å². The van der Waals surface area contributed by atoms with Gasteiger partial charge in [0.15, 0.2) is 0 Å². The second-order valence-corrected chi connectivity index (χ2v) is 5.87. The van der Waals surface area contributed by atoms with E-state index in [9.17, 15) is 20.2 Å². The molecule has 0 saturated carbocycles. The smallest absolute Gasteiger partial charge is 0.301 e. The quantitative estimate of drug-likeness (QED) is 0.636. The number of rotatable bonds is 3. The average Bonchev–Trinajstić information content (AvgIpc) is 2.52. The number of pyridine rings is 1. The van der Waals surface area contributed by atoms with Gasteiger partial charge in [0.2, 0.25) is 0 Å². The Morgan fingerprint density at radius 1 is 1.26 bits per heavy atom. The SMILES string of the molecule is C[C@H]1CCCN(c2c([N+](=O)[O-])cc([N+](=O)[O-])c3cccnc23)C1. The summed E-state index contributed by atoms with van der Waals surface area (Å²) in [6.45, 7) is 3.47. The molecule has 0 radical (unpaired) electrons. The number of aromatic nitrogens is 1. The molecule has 0 unspecified atom stereocenters.